The number of carbonyl (C=O) groups excluding carboxylic acids is 3. The van der Waals surface area contributed by atoms with E-state index >= 15 is 0 Å². The van der Waals surface area contributed by atoms with Gasteiger partial charge in [0, 0.05) is 25.2 Å². The van der Waals surface area contributed by atoms with Gasteiger partial charge < -0.3 is 24.1 Å². The van der Waals surface area contributed by atoms with E-state index in [1.165, 1.54) is 32.4 Å². The Kier molecular flexibility index (Phi) is 7.08. The lowest BCUT2D eigenvalue weighted by Gasteiger charge is -2.30. The third-order valence-electron chi connectivity index (χ3n) is 5.16. The van der Waals surface area contributed by atoms with E-state index in [4.69, 9.17) is 13.9 Å². The standard InChI is InChI=1S/C21H23N3O8/c1-13(19(25)22-16-12-15(24(28)29)5-6-17(16)30-2)32-21(27)14-7-9-23(10-8-14)20(26)18-4-3-11-31-18/h3-6,11-14H,7-10H2,1-2H3,(H,22,25). The monoisotopic (exact) mass is 445 g/mol. The van der Waals surface area contributed by atoms with Crippen LogP contribution in [0.4, 0.5) is 11.4 Å². The maximum absolute atomic E-state index is 12.5. The van der Waals surface area contributed by atoms with E-state index in [1.54, 1.807) is 17.0 Å². The Balaban J connectivity index is 1.53. The Morgan fingerprint density at radius 1 is 1.25 bits per heavy atom. The molecule has 1 atom stereocenters. The van der Waals surface area contributed by atoms with Crippen molar-refractivity contribution in [2.45, 2.75) is 25.9 Å². The third kappa shape index (κ3) is 5.23. The van der Waals surface area contributed by atoms with Crippen molar-refractivity contribution < 1.29 is 33.2 Å². The molecule has 0 radical (unpaired) electrons. The fourth-order valence-corrected chi connectivity index (χ4v) is 3.34. The maximum Gasteiger partial charge on any atom is 0.309 e. The molecular formula is C21H23N3O8. The van der Waals surface area contributed by atoms with Crippen molar-refractivity contribution in [1.82, 2.24) is 4.90 Å². The number of hydrogen-bond acceptors (Lipinski definition) is 8. The van der Waals surface area contributed by atoms with Gasteiger partial charge in [-0.15, -0.1) is 0 Å². The fraction of sp³-hybridized carbons (Fsp3) is 0.381. The molecule has 1 fully saturated rings. The quantitative estimate of drug-likeness (QED) is 0.389. The average molecular weight is 445 g/mol. The Bertz CT molecular complexity index is 996. The van der Waals surface area contributed by atoms with Gasteiger partial charge in [0.05, 0.1) is 29.9 Å². The van der Waals surface area contributed by atoms with Gasteiger partial charge >= 0.3 is 5.97 Å². The number of nitrogens with zero attached hydrogens (tertiary/aromatic N) is 2. The molecule has 2 aromatic rings. The zero-order valence-electron chi connectivity index (χ0n) is 17.6. The zero-order valence-corrected chi connectivity index (χ0v) is 17.6. The zero-order chi connectivity index (χ0) is 23.3. The van der Waals surface area contributed by atoms with Crippen LogP contribution in [0.15, 0.2) is 41.0 Å². The smallest absolute Gasteiger partial charge is 0.309 e. The molecular weight excluding hydrogens is 422 g/mol. The minimum atomic E-state index is -1.13. The maximum atomic E-state index is 12.5. The highest BCUT2D eigenvalue weighted by molar-refractivity contribution is 5.96. The van der Waals surface area contributed by atoms with E-state index < -0.39 is 28.8 Å². The topological polar surface area (TPSA) is 141 Å². The summed E-state index contributed by atoms with van der Waals surface area (Å²) in [7, 11) is 1.36. The first-order valence-corrected chi connectivity index (χ1v) is 9.96. The summed E-state index contributed by atoms with van der Waals surface area (Å²) >= 11 is 0. The van der Waals surface area contributed by atoms with Crippen LogP contribution in [-0.4, -0.2) is 53.9 Å². The van der Waals surface area contributed by atoms with Gasteiger partial charge in [-0.1, -0.05) is 0 Å². The summed E-state index contributed by atoms with van der Waals surface area (Å²) in [5.41, 5.74) is -0.124. The Morgan fingerprint density at radius 2 is 1.97 bits per heavy atom. The molecule has 1 N–H and O–H groups in total. The number of anilines is 1. The number of rotatable bonds is 7. The number of nitrogens with one attached hydrogen (secondary N) is 1. The molecule has 0 aliphatic carbocycles. The van der Waals surface area contributed by atoms with Crippen LogP contribution >= 0.6 is 0 Å². The number of amides is 2. The summed E-state index contributed by atoms with van der Waals surface area (Å²) in [5.74, 6) is -1.39. The highest BCUT2D eigenvalue weighted by Crippen LogP contribution is 2.29. The van der Waals surface area contributed by atoms with Gasteiger partial charge in [-0.3, -0.25) is 24.5 Å². The number of ether oxygens (including phenoxy) is 2. The minimum absolute atomic E-state index is 0.0966. The normalized spacial score (nSPS) is 15.0. The van der Waals surface area contributed by atoms with E-state index in [1.807, 2.05) is 0 Å². The Hall–Kier alpha value is -3.89. The van der Waals surface area contributed by atoms with Crippen LogP contribution in [0.2, 0.25) is 0 Å². The van der Waals surface area contributed by atoms with Crippen molar-refractivity contribution >= 4 is 29.2 Å². The second kappa shape index (κ2) is 9.94. The molecule has 0 spiro atoms. The molecule has 1 aliphatic rings. The summed E-state index contributed by atoms with van der Waals surface area (Å²) in [4.78, 5) is 49.3. The molecule has 3 rings (SSSR count). The molecule has 11 heteroatoms. The first kappa shape index (κ1) is 22.8. The Labute approximate surface area is 183 Å². The fourth-order valence-electron chi connectivity index (χ4n) is 3.34. The predicted molar refractivity (Wildman–Crippen MR) is 111 cm³/mol. The van der Waals surface area contributed by atoms with E-state index in [9.17, 15) is 24.5 Å². The lowest BCUT2D eigenvalue weighted by atomic mass is 9.97. The van der Waals surface area contributed by atoms with Gasteiger partial charge in [0.1, 0.15) is 5.75 Å². The lowest BCUT2D eigenvalue weighted by Crippen LogP contribution is -2.41. The summed E-state index contributed by atoms with van der Waals surface area (Å²) in [6.45, 7) is 2.14. The van der Waals surface area contributed by atoms with Gasteiger partial charge in [0.2, 0.25) is 0 Å². The number of nitro benzene ring substituents is 1. The summed E-state index contributed by atoms with van der Waals surface area (Å²) in [6, 6.07) is 6.99. The van der Waals surface area contributed by atoms with Crippen LogP contribution in [0.3, 0.4) is 0 Å². The number of furan rings is 1. The van der Waals surface area contributed by atoms with Crippen molar-refractivity contribution in [2.75, 3.05) is 25.5 Å². The molecule has 170 valence electrons. The molecule has 32 heavy (non-hydrogen) atoms. The number of hydrogen-bond donors (Lipinski definition) is 1. The van der Waals surface area contributed by atoms with Gasteiger partial charge in [0.25, 0.3) is 17.5 Å². The number of nitro groups is 1. The number of piperidine rings is 1. The third-order valence-corrected chi connectivity index (χ3v) is 5.16. The second-order valence-corrected chi connectivity index (χ2v) is 7.25. The van der Waals surface area contributed by atoms with Crippen LogP contribution in [0.25, 0.3) is 0 Å². The molecule has 0 saturated carbocycles. The molecule has 1 saturated heterocycles. The van der Waals surface area contributed by atoms with Crippen molar-refractivity contribution in [2.24, 2.45) is 5.92 Å². The first-order chi connectivity index (χ1) is 15.3. The molecule has 1 unspecified atom stereocenters. The van der Waals surface area contributed by atoms with E-state index in [2.05, 4.69) is 5.32 Å². The largest absolute Gasteiger partial charge is 0.495 e. The van der Waals surface area contributed by atoms with Crippen molar-refractivity contribution in [3.8, 4) is 5.75 Å². The van der Waals surface area contributed by atoms with E-state index in [-0.39, 0.29) is 28.8 Å². The SMILES string of the molecule is COc1ccc([N+](=O)[O-])cc1NC(=O)C(C)OC(=O)C1CCN(C(=O)c2ccco2)CC1. The molecule has 2 amide bonds. The highest BCUT2D eigenvalue weighted by Gasteiger charge is 2.31. The number of methoxy groups -OCH3 is 1. The van der Waals surface area contributed by atoms with Crippen LogP contribution in [0, 0.1) is 16.0 Å². The Morgan fingerprint density at radius 3 is 2.56 bits per heavy atom. The molecule has 1 aromatic heterocycles. The van der Waals surface area contributed by atoms with Gasteiger partial charge in [-0.25, -0.2) is 0 Å². The van der Waals surface area contributed by atoms with Crippen LogP contribution in [0.5, 0.6) is 5.75 Å². The molecule has 2 heterocycles. The number of likely N-dealkylation sites (tertiary alicyclic amines) is 1. The lowest BCUT2D eigenvalue weighted by molar-refractivity contribution is -0.384. The summed E-state index contributed by atoms with van der Waals surface area (Å²) < 4.78 is 15.5. The molecule has 1 aliphatic heterocycles. The van der Waals surface area contributed by atoms with E-state index in [0.29, 0.717) is 25.9 Å². The van der Waals surface area contributed by atoms with Gasteiger partial charge in [-0.2, -0.15) is 0 Å². The van der Waals surface area contributed by atoms with Crippen LogP contribution in [0.1, 0.15) is 30.3 Å². The number of benzene rings is 1. The number of non-ortho nitro benzene ring substituents is 1. The van der Waals surface area contributed by atoms with Crippen LogP contribution < -0.4 is 10.1 Å². The number of esters is 1. The van der Waals surface area contributed by atoms with Crippen molar-refractivity contribution in [3.05, 3.63) is 52.5 Å². The van der Waals surface area contributed by atoms with Gasteiger partial charge in [0.15, 0.2) is 11.9 Å². The van der Waals surface area contributed by atoms with E-state index in [0.717, 1.165) is 6.07 Å². The second-order valence-electron chi connectivity index (χ2n) is 7.25. The molecule has 1 aromatic carbocycles. The highest BCUT2D eigenvalue weighted by atomic mass is 16.6. The predicted octanol–water partition coefficient (Wildman–Crippen LogP) is 2.62. The average Bonchev–Trinajstić information content (AvgIpc) is 3.33. The van der Waals surface area contributed by atoms with Gasteiger partial charge in [-0.05, 0) is 38.0 Å². The first-order valence-electron chi connectivity index (χ1n) is 9.96. The molecule has 11 nitrogen and oxygen atoms in total. The summed E-state index contributed by atoms with van der Waals surface area (Å²) in [5, 5.41) is 13.5. The minimum Gasteiger partial charge on any atom is -0.495 e. The van der Waals surface area contributed by atoms with Crippen LogP contribution in [-0.2, 0) is 14.3 Å². The summed E-state index contributed by atoms with van der Waals surface area (Å²) in [6.07, 6.45) is 1.10. The van der Waals surface area contributed by atoms with Crippen molar-refractivity contribution in [3.63, 3.8) is 0 Å². The number of carbonyl (C=O) groups is 3. The van der Waals surface area contributed by atoms with Crippen molar-refractivity contribution in [1.29, 1.82) is 0 Å². The molecule has 0 bridgehead atoms.